The molecule has 2 saturated heterocycles. The molecule has 5 N–H and O–H groups in total. The lowest BCUT2D eigenvalue weighted by molar-refractivity contribution is -0.138. The summed E-state index contributed by atoms with van der Waals surface area (Å²) in [4.78, 5) is 20.4. The maximum atomic E-state index is 13.2. The number of carbonyl (C=O) groups excluding carboxylic acids is 1. The lowest BCUT2D eigenvalue weighted by Gasteiger charge is -2.42. The fourth-order valence-corrected chi connectivity index (χ4v) is 4.31. The number of piperazine rings is 1. The molecule has 1 amide bonds. The fraction of sp³-hybridized carbons (Fsp3) is 0.364. The van der Waals surface area contributed by atoms with Gasteiger partial charge in [-0.1, -0.05) is 0 Å². The summed E-state index contributed by atoms with van der Waals surface area (Å²) in [5, 5.41) is 22.4. The van der Waals surface area contributed by atoms with Crippen molar-refractivity contribution in [2.75, 3.05) is 30.8 Å². The van der Waals surface area contributed by atoms with Crippen LogP contribution in [0.3, 0.4) is 0 Å². The summed E-state index contributed by atoms with van der Waals surface area (Å²) in [5.74, 6) is -0.664. The number of carbonyl (C=O) groups is 1. The zero-order valence-electron chi connectivity index (χ0n) is 18.3. The van der Waals surface area contributed by atoms with Crippen LogP contribution in [0, 0.1) is 10.8 Å². The first-order valence-electron chi connectivity index (χ1n) is 10.4. The van der Waals surface area contributed by atoms with E-state index in [9.17, 15) is 23.1 Å². The second kappa shape index (κ2) is 9.98. The number of fused-ring (bicyclic) bond motifs is 2. The summed E-state index contributed by atoms with van der Waals surface area (Å²) >= 11 is 0. The second-order valence-corrected chi connectivity index (χ2v) is 7.82. The van der Waals surface area contributed by atoms with Crippen LogP contribution in [0.5, 0.6) is 11.5 Å². The van der Waals surface area contributed by atoms with Crippen LogP contribution < -0.4 is 15.4 Å². The Kier molecular flexibility index (Phi) is 7.28. The predicted octanol–water partition coefficient (Wildman–Crippen LogP) is 3.18. The summed E-state index contributed by atoms with van der Waals surface area (Å²) in [6.07, 6.45) is -0.425. The van der Waals surface area contributed by atoms with Gasteiger partial charge in [0.25, 0.3) is 5.91 Å². The Morgan fingerprint density at radius 2 is 1.82 bits per heavy atom. The minimum absolute atomic E-state index is 0.0895. The first kappa shape index (κ1) is 24.8. The van der Waals surface area contributed by atoms with Crippen LogP contribution in [0.4, 0.5) is 24.7 Å². The van der Waals surface area contributed by atoms with E-state index in [2.05, 4.69) is 4.98 Å². The number of hydrogen-bond donors (Lipinski definition) is 4. The lowest BCUT2D eigenvalue weighted by Crippen LogP contribution is -2.55. The molecule has 34 heavy (non-hydrogen) atoms. The minimum Gasteiger partial charge on any atom is -0.504 e. The fourth-order valence-electron chi connectivity index (χ4n) is 4.31. The van der Waals surface area contributed by atoms with Crippen molar-refractivity contribution in [2.24, 2.45) is 0 Å². The third-order valence-corrected chi connectivity index (χ3v) is 5.80. The normalized spacial score (nSPS) is 19.2. The van der Waals surface area contributed by atoms with Crippen molar-refractivity contribution in [1.82, 2.24) is 9.88 Å². The quantitative estimate of drug-likeness (QED) is 0.393. The van der Waals surface area contributed by atoms with Crippen LogP contribution in [0.15, 0.2) is 30.5 Å². The molecule has 9 nitrogen and oxygen atoms in total. The minimum atomic E-state index is -4.68. The number of likely N-dealkylation sites (tertiary alicyclic amines) is 1. The summed E-state index contributed by atoms with van der Waals surface area (Å²) in [5.41, 5.74) is 5.53. The van der Waals surface area contributed by atoms with E-state index in [4.69, 9.17) is 21.3 Å². The molecule has 2 aliphatic heterocycles. The van der Waals surface area contributed by atoms with Crippen molar-refractivity contribution >= 4 is 29.8 Å². The number of nitrogen functional groups attached to an aromatic ring is 1. The van der Waals surface area contributed by atoms with E-state index in [0.717, 1.165) is 24.7 Å². The van der Waals surface area contributed by atoms with Crippen LogP contribution >= 0.6 is 0 Å². The number of alkyl halides is 3. The van der Waals surface area contributed by atoms with Gasteiger partial charge in [0.15, 0.2) is 11.6 Å². The van der Waals surface area contributed by atoms with Gasteiger partial charge < -0.3 is 36.2 Å². The topological polar surface area (TPSA) is 140 Å². The van der Waals surface area contributed by atoms with Crippen molar-refractivity contribution in [1.29, 1.82) is 10.8 Å². The van der Waals surface area contributed by atoms with Gasteiger partial charge in [-0.25, -0.2) is 4.98 Å². The Labute approximate surface area is 194 Å². The van der Waals surface area contributed by atoms with Crippen molar-refractivity contribution in [3.05, 3.63) is 41.6 Å². The van der Waals surface area contributed by atoms with Gasteiger partial charge in [-0.05, 0) is 31.0 Å². The zero-order chi connectivity index (χ0) is 25.0. The molecule has 0 saturated carbocycles. The molecule has 2 bridgehead atoms. The number of aromatic hydroxyl groups is 1. The molecule has 2 atom stereocenters. The molecule has 182 valence electrons. The van der Waals surface area contributed by atoms with Gasteiger partial charge in [0.2, 0.25) is 0 Å². The van der Waals surface area contributed by atoms with Gasteiger partial charge in [0.05, 0.1) is 12.7 Å². The van der Waals surface area contributed by atoms with E-state index in [0.29, 0.717) is 42.9 Å². The smallest absolute Gasteiger partial charge is 0.420 e. The Bertz CT molecular complexity index is 1060. The molecule has 2 aromatic rings. The van der Waals surface area contributed by atoms with Gasteiger partial charge in [-0.15, -0.1) is 0 Å². The highest BCUT2D eigenvalue weighted by molar-refractivity contribution is 6.12. The number of nitrogens with two attached hydrogens (primary N) is 1. The Hall–Kier alpha value is -3.83. The van der Waals surface area contributed by atoms with Gasteiger partial charge >= 0.3 is 6.18 Å². The lowest BCUT2D eigenvalue weighted by atomic mass is 10.1. The molecule has 2 unspecified atom stereocenters. The van der Waals surface area contributed by atoms with Crippen LogP contribution in [0.2, 0.25) is 0 Å². The van der Waals surface area contributed by atoms with Crippen molar-refractivity contribution in [3.63, 3.8) is 0 Å². The number of hydrogen-bond acceptors (Lipinski definition) is 8. The summed E-state index contributed by atoms with van der Waals surface area (Å²) in [6, 6.07) is 5.10. The van der Waals surface area contributed by atoms with Crippen LogP contribution in [0.25, 0.3) is 0 Å². The summed E-state index contributed by atoms with van der Waals surface area (Å²) < 4.78 is 44.6. The average molecular weight is 478 g/mol. The molecular weight excluding hydrogens is 453 g/mol. The Morgan fingerprint density at radius 1 is 1.21 bits per heavy atom. The third-order valence-electron chi connectivity index (χ3n) is 5.80. The monoisotopic (exact) mass is 478 g/mol. The highest BCUT2D eigenvalue weighted by atomic mass is 19.4. The number of rotatable bonds is 4. The van der Waals surface area contributed by atoms with Gasteiger partial charge in [-0.3, -0.25) is 4.79 Å². The molecule has 0 aliphatic carbocycles. The van der Waals surface area contributed by atoms with E-state index in [1.54, 1.807) is 28.0 Å². The maximum Gasteiger partial charge on any atom is 0.420 e. The standard InChI is InChI=1S/C20H21F3N4O3.C2H4N2/c1-30-13-4-5-14(16(24)8-13)19(29)26-9-11-2-3-12(10-26)27(11)18-17(28)15(6-7-25-18)20(21,22)23;3-1-2-4/h4-8,11-12,28H,2-3,9-10,24H2,1H3;1-4H. The molecule has 3 heterocycles. The van der Waals surface area contributed by atoms with Crippen molar-refractivity contribution in [2.45, 2.75) is 31.1 Å². The second-order valence-electron chi connectivity index (χ2n) is 7.82. The number of anilines is 2. The predicted molar refractivity (Wildman–Crippen MR) is 121 cm³/mol. The van der Waals surface area contributed by atoms with Crippen LogP contribution in [0.1, 0.15) is 28.8 Å². The number of amides is 1. The van der Waals surface area contributed by atoms with Crippen molar-refractivity contribution in [3.8, 4) is 11.5 Å². The number of nitrogens with zero attached hydrogens (tertiary/aromatic N) is 3. The van der Waals surface area contributed by atoms with Gasteiger partial charge in [0, 0.05) is 55.6 Å². The summed E-state index contributed by atoms with van der Waals surface area (Å²) in [6.45, 7) is 0.607. The van der Waals surface area contributed by atoms with Crippen LogP contribution in [-0.2, 0) is 6.18 Å². The van der Waals surface area contributed by atoms with E-state index in [1.807, 2.05) is 0 Å². The number of benzene rings is 1. The first-order valence-corrected chi connectivity index (χ1v) is 10.4. The van der Waals surface area contributed by atoms with E-state index in [1.165, 1.54) is 7.11 Å². The highest BCUT2D eigenvalue weighted by Gasteiger charge is 2.45. The molecular formula is C22H25F3N6O3. The SMILES string of the molecule is COc1ccc(C(=O)N2CC3CCC(C2)N3c2nccc(C(F)(F)F)c2O)c(N)c1.N=CC=N. The zero-order valence-corrected chi connectivity index (χ0v) is 18.3. The number of ether oxygens (including phenoxy) is 1. The average Bonchev–Trinajstić information content (AvgIpc) is 3.06. The number of methoxy groups -OCH3 is 1. The molecule has 1 aromatic heterocycles. The molecule has 4 rings (SSSR count). The molecule has 1 aromatic carbocycles. The number of aromatic nitrogens is 1. The molecule has 0 spiro atoms. The number of nitrogens with one attached hydrogen (secondary N) is 2. The number of halogens is 3. The van der Waals surface area contributed by atoms with Gasteiger partial charge in [-0.2, -0.15) is 13.2 Å². The van der Waals surface area contributed by atoms with E-state index in [-0.39, 0.29) is 23.8 Å². The van der Waals surface area contributed by atoms with E-state index >= 15 is 0 Å². The molecule has 0 radical (unpaired) electrons. The molecule has 2 aliphatic rings. The van der Waals surface area contributed by atoms with Gasteiger partial charge in [0.1, 0.15) is 11.3 Å². The largest absolute Gasteiger partial charge is 0.504 e. The Morgan fingerprint density at radius 3 is 2.32 bits per heavy atom. The molecule has 12 heteroatoms. The first-order chi connectivity index (χ1) is 16.1. The molecule has 2 fully saturated rings. The third kappa shape index (κ3) is 4.90. The maximum absolute atomic E-state index is 13.2. The van der Waals surface area contributed by atoms with E-state index < -0.39 is 17.5 Å². The van der Waals surface area contributed by atoms with Crippen molar-refractivity contribution < 1.29 is 27.8 Å². The summed E-state index contributed by atoms with van der Waals surface area (Å²) in [7, 11) is 1.50. The Balaban J connectivity index is 0.000000751. The number of pyridine rings is 1. The van der Waals surface area contributed by atoms with Crippen LogP contribution in [-0.4, -0.2) is 65.6 Å². The highest BCUT2D eigenvalue weighted by Crippen LogP contribution is 2.44.